The number of aliphatic hydroxyl groups is 1. The highest BCUT2D eigenvalue weighted by Crippen LogP contribution is 2.68. The van der Waals surface area contributed by atoms with Gasteiger partial charge in [0.15, 0.2) is 0 Å². The Kier molecular flexibility index (Phi) is 6.78. The highest BCUT2D eigenvalue weighted by molar-refractivity contribution is 5.12. The molecule has 0 amide bonds. The van der Waals surface area contributed by atoms with Crippen LogP contribution < -0.4 is 0 Å². The van der Waals surface area contributed by atoms with Crippen LogP contribution in [0.3, 0.4) is 0 Å². The molecular formula is C30H52O. The minimum absolute atomic E-state index is 0.0511. The average Bonchev–Trinajstić information content (AvgIpc) is 3.08. The molecule has 0 aromatic carbocycles. The van der Waals surface area contributed by atoms with Gasteiger partial charge in [-0.1, -0.05) is 60.6 Å². The van der Waals surface area contributed by atoms with E-state index in [-0.39, 0.29) is 6.10 Å². The van der Waals surface area contributed by atoms with E-state index in [0.29, 0.717) is 16.7 Å². The normalized spacial score (nSPS) is 49.5. The smallest absolute Gasteiger partial charge is 0.0568 e. The Bertz CT molecular complexity index is 651. The van der Waals surface area contributed by atoms with Crippen LogP contribution in [0, 0.1) is 64.1 Å². The molecule has 1 unspecified atom stereocenters. The van der Waals surface area contributed by atoms with Crippen molar-refractivity contribution in [2.45, 2.75) is 112 Å². The van der Waals surface area contributed by atoms with Crippen molar-refractivity contribution in [2.24, 2.45) is 64.1 Å². The number of aliphatic hydroxyl groups excluding tert-OH is 1. The van der Waals surface area contributed by atoms with Gasteiger partial charge in [-0.2, -0.15) is 0 Å². The average molecular weight is 429 g/mol. The highest BCUT2D eigenvalue weighted by Gasteiger charge is 2.61. The summed E-state index contributed by atoms with van der Waals surface area (Å²) >= 11 is 0. The van der Waals surface area contributed by atoms with Gasteiger partial charge in [-0.05, 0) is 122 Å². The molecule has 1 N–H and O–H groups in total. The van der Waals surface area contributed by atoms with Crippen LogP contribution >= 0.6 is 0 Å². The predicted molar refractivity (Wildman–Crippen MR) is 133 cm³/mol. The van der Waals surface area contributed by atoms with E-state index in [9.17, 15) is 5.11 Å². The minimum Gasteiger partial charge on any atom is -0.393 e. The lowest BCUT2D eigenvalue weighted by Crippen LogP contribution is -2.56. The predicted octanol–water partition coefficient (Wildman–Crippen LogP) is 8.13. The Morgan fingerprint density at radius 1 is 0.839 bits per heavy atom. The molecule has 0 aromatic rings. The van der Waals surface area contributed by atoms with Crippen LogP contribution in [-0.4, -0.2) is 11.2 Å². The molecule has 4 aliphatic rings. The lowest BCUT2D eigenvalue weighted by Gasteiger charge is -2.62. The van der Waals surface area contributed by atoms with E-state index in [1.807, 2.05) is 0 Å². The van der Waals surface area contributed by atoms with Gasteiger partial charge in [0, 0.05) is 0 Å². The van der Waals surface area contributed by atoms with Gasteiger partial charge < -0.3 is 5.11 Å². The molecule has 0 aromatic heterocycles. The van der Waals surface area contributed by atoms with Crippen LogP contribution in [0.2, 0.25) is 0 Å². The fourth-order valence-corrected chi connectivity index (χ4v) is 9.90. The molecule has 0 bridgehead atoms. The summed E-state index contributed by atoms with van der Waals surface area (Å²) in [7, 11) is 0. The maximum atomic E-state index is 10.5. The second-order valence-electron chi connectivity index (χ2n) is 13.3. The van der Waals surface area contributed by atoms with Gasteiger partial charge in [-0.25, -0.2) is 0 Å². The first-order valence-corrected chi connectivity index (χ1v) is 14.0. The molecule has 4 rings (SSSR count). The molecule has 0 spiro atoms. The summed E-state index contributed by atoms with van der Waals surface area (Å²) in [4.78, 5) is 0. The van der Waals surface area contributed by atoms with Gasteiger partial charge in [0.25, 0.3) is 0 Å². The summed E-state index contributed by atoms with van der Waals surface area (Å²) in [6.07, 6.45) is 17.3. The van der Waals surface area contributed by atoms with E-state index in [0.717, 1.165) is 53.8 Å². The van der Waals surface area contributed by atoms with Gasteiger partial charge in [0.2, 0.25) is 0 Å². The molecule has 11 atom stereocenters. The van der Waals surface area contributed by atoms with Crippen molar-refractivity contribution in [3.8, 4) is 0 Å². The SMILES string of the molecule is CC[C@@H](/C=C/[C@@H](C)[C@H]1CC[C@H]2[C@@H]3CCC4[C@H](C)[C@H](O)CC[C@]4(C)[C@H]3CC[C@]12C)C(C)C. The lowest BCUT2D eigenvalue weighted by molar-refractivity contribution is -0.148. The maximum Gasteiger partial charge on any atom is 0.0568 e. The first kappa shape index (κ1) is 23.8. The fourth-order valence-electron chi connectivity index (χ4n) is 9.90. The van der Waals surface area contributed by atoms with Crippen molar-refractivity contribution in [1.82, 2.24) is 0 Å². The monoisotopic (exact) mass is 428 g/mol. The van der Waals surface area contributed by atoms with Crippen LogP contribution in [0.5, 0.6) is 0 Å². The summed E-state index contributed by atoms with van der Waals surface area (Å²) in [5, 5.41) is 10.5. The van der Waals surface area contributed by atoms with Crippen LogP contribution in [-0.2, 0) is 0 Å². The van der Waals surface area contributed by atoms with Crippen LogP contribution in [0.15, 0.2) is 12.2 Å². The van der Waals surface area contributed by atoms with E-state index in [1.54, 1.807) is 0 Å². The molecule has 4 saturated carbocycles. The summed E-state index contributed by atoms with van der Waals surface area (Å²) < 4.78 is 0. The van der Waals surface area contributed by atoms with Crippen LogP contribution in [0.25, 0.3) is 0 Å². The summed E-state index contributed by atoms with van der Waals surface area (Å²) in [6.45, 7) is 17.3. The van der Waals surface area contributed by atoms with E-state index < -0.39 is 0 Å². The van der Waals surface area contributed by atoms with Crippen LogP contribution in [0.1, 0.15) is 106 Å². The van der Waals surface area contributed by atoms with Gasteiger partial charge in [-0.3, -0.25) is 0 Å². The van der Waals surface area contributed by atoms with Gasteiger partial charge >= 0.3 is 0 Å². The number of allylic oxidation sites excluding steroid dienone is 2. The van der Waals surface area contributed by atoms with Crippen molar-refractivity contribution in [2.75, 3.05) is 0 Å². The van der Waals surface area contributed by atoms with Crippen molar-refractivity contribution in [3.63, 3.8) is 0 Å². The molecule has 31 heavy (non-hydrogen) atoms. The molecule has 1 nitrogen and oxygen atoms in total. The molecular weight excluding hydrogens is 376 g/mol. The molecule has 0 saturated heterocycles. The zero-order valence-corrected chi connectivity index (χ0v) is 21.7. The standard InChI is InChI=1S/C30H52O/c1-8-22(19(2)3)10-9-20(4)24-13-14-26-23-11-12-25-21(5)28(31)16-18-30(25,7)27(23)15-17-29(24,26)6/h9-10,19-28,31H,8,11-18H2,1-7H3/b10-9+/t20-,21+,22+,23+,24-,25?,26+,27+,28-,29-,30+/m1/s1. The topological polar surface area (TPSA) is 20.2 Å². The van der Waals surface area contributed by atoms with Gasteiger partial charge in [-0.15, -0.1) is 0 Å². The largest absolute Gasteiger partial charge is 0.393 e. The van der Waals surface area contributed by atoms with E-state index in [2.05, 4.69) is 60.6 Å². The Hall–Kier alpha value is -0.300. The minimum atomic E-state index is -0.0511. The molecule has 0 radical (unpaired) electrons. The highest BCUT2D eigenvalue weighted by atomic mass is 16.3. The Morgan fingerprint density at radius 3 is 2.16 bits per heavy atom. The molecule has 178 valence electrons. The summed E-state index contributed by atoms with van der Waals surface area (Å²) in [6, 6.07) is 0. The van der Waals surface area contributed by atoms with Crippen molar-refractivity contribution in [1.29, 1.82) is 0 Å². The van der Waals surface area contributed by atoms with Crippen molar-refractivity contribution < 1.29 is 5.11 Å². The Balaban J connectivity index is 1.51. The summed E-state index contributed by atoms with van der Waals surface area (Å²) in [5.41, 5.74) is 1.03. The summed E-state index contributed by atoms with van der Waals surface area (Å²) in [5.74, 6) is 7.14. The van der Waals surface area contributed by atoms with E-state index in [4.69, 9.17) is 0 Å². The fraction of sp³-hybridized carbons (Fsp3) is 0.933. The lowest BCUT2D eigenvalue weighted by atomic mass is 9.43. The first-order chi connectivity index (χ1) is 14.6. The third-order valence-corrected chi connectivity index (χ3v) is 11.9. The van der Waals surface area contributed by atoms with E-state index >= 15 is 0 Å². The molecule has 0 heterocycles. The molecule has 4 aliphatic carbocycles. The van der Waals surface area contributed by atoms with Crippen molar-refractivity contribution >= 4 is 0 Å². The second-order valence-corrected chi connectivity index (χ2v) is 13.3. The zero-order valence-electron chi connectivity index (χ0n) is 21.7. The third kappa shape index (κ3) is 3.87. The number of hydrogen-bond acceptors (Lipinski definition) is 1. The zero-order chi connectivity index (χ0) is 22.6. The van der Waals surface area contributed by atoms with Gasteiger partial charge in [0.1, 0.15) is 0 Å². The third-order valence-electron chi connectivity index (χ3n) is 11.9. The maximum absolute atomic E-state index is 10.5. The Morgan fingerprint density at radius 2 is 1.48 bits per heavy atom. The molecule has 0 aliphatic heterocycles. The molecule has 1 heteroatoms. The first-order valence-electron chi connectivity index (χ1n) is 14.0. The van der Waals surface area contributed by atoms with Crippen LogP contribution in [0.4, 0.5) is 0 Å². The van der Waals surface area contributed by atoms with Gasteiger partial charge in [0.05, 0.1) is 6.10 Å². The van der Waals surface area contributed by atoms with E-state index in [1.165, 1.54) is 51.4 Å². The number of rotatable bonds is 5. The second kappa shape index (κ2) is 8.81. The molecule has 4 fully saturated rings. The quantitative estimate of drug-likeness (QED) is 0.438. The number of hydrogen-bond donors (Lipinski definition) is 1. The number of fused-ring (bicyclic) bond motifs is 5. The van der Waals surface area contributed by atoms with Crippen molar-refractivity contribution in [3.05, 3.63) is 12.2 Å². The Labute approximate surface area is 193 Å².